The Morgan fingerprint density at radius 1 is 1.12 bits per heavy atom. The van der Waals surface area contributed by atoms with Crippen molar-refractivity contribution in [2.24, 2.45) is 0 Å². The van der Waals surface area contributed by atoms with Crippen LogP contribution in [0.5, 0.6) is 0 Å². The Hall–Kier alpha value is -2.37. The van der Waals surface area contributed by atoms with Gasteiger partial charge in [-0.15, -0.1) is 0 Å². The quantitative estimate of drug-likeness (QED) is 0.665. The lowest BCUT2D eigenvalue weighted by atomic mass is 10.2. The van der Waals surface area contributed by atoms with Crippen LogP contribution in [0.2, 0.25) is 5.02 Å². The summed E-state index contributed by atoms with van der Waals surface area (Å²) in [4.78, 5) is 0. The van der Waals surface area contributed by atoms with Gasteiger partial charge in [-0.05, 0) is 60.6 Å². The Morgan fingerprint density at radius 3 is 2.62 bits per heavy atom. The number of thiocarbonyl (C=S) groups is 1. The van der Waals surface area contributed by atoms with Crippen LogP contribution in [0, 0.1) is 6.92 Å². The second-order valence-corrected chi connectivity index (χ2v) is 6.21. The predicted octanol–water partition coefficient (Wildman–Crippen LogP) is 4.70. The largest absolute Gasteiger partial charge is 0.332 e. The number of hydrogen-bond acceptors (Lipinski definition) is 2. The molecule has 0 amide bonds. The topological polar surface area (TPSA) is 41.9 Å². The number of aromatic nitrogens is 2. The molecular formula is C18H17ClN4S. The van der Waals surface area contributed by atoms with Gasteiger partial charge in [0, 0.05) is 28.8 Å². The SMILES string of the molecule is Cc1c(Cl)cccc1NC(=S)Nc1ccc(Cn2cccn2)cc1. The van der Waals surface area contributed by atoms with Gasteiger partial charge < -0.3 is 10.6 Å². The van der Waals surface area contributed by atoms with Crippen molar-refractivity contribution in [3.05, 3.63) is 77.1 Å². The number of rotatable bonds is 4. The maximum atomic E-state index is 6.12. The van der Waals surface area contributed by atoms with Crippen LogP contribution in [0.1, 0.15) is 11.1 Å². The molecule has 0 fully saturated rings. The zero-order chi connectivity index (χ0) is 16.9. The van der Waals surface area contributed by atoms with E-state index in [9.17, 15) is 0 Å². The molecule has 0 atom stereocenters. The fraction of sp³-hybridized carbons (Fsp3) is 0.111. The van der Waals surface area contributed by atoms with Gasteiger partial charge >= 0.3 is 0 Å². The molecule has 0 spiro atoms. The van der Waals surface area contributed by atoms with E-state index in [0.29, 0.717) is 10.1 Å². The second kappa shape index (κ2) is 7.47. The van der Waals surface area contributed by atoms with Crippen LogP contribution in [-0.2, 0) is 6.54 Å². The molecule has 3 aromatic rings. The summed E-state index contributed by atoms with van der Waals surface area (Å²) in [6.07, 6.45) is 3.72. The van der Waals surface area contributed by atoms with E-state index in [1.807, 2.05) is 54.2 Å². The van der Waals surface area contributed by atoms with Crippen molar-refractivity contribution in [1.29, 1.82) is 0 Å². The molecule has 122 valence electrons. The van der Waals surface area contributed by atoms with Crippen molar-refractivity contribution in [2.45, 2.75) is 13.5 Å². The second-order valence-electron chi connectivity index (χ2n) is 5.39. The molecule has 0 saturated carbocycles. The molecule has 0 radical (unpaired) electrons. The fourth-order valence-corrected chi connectivity index (χ4v) is 2.70. The van der Waals surface area contributed by atoms with Crippen LogP contribution < -0.4 is 10.6 Å². The summed E-state index contributed by atoms with van der Waals surface area (Å²) in [6, 6.07) is 15.7. The Bertz CT molecular complexity index is 829. The first-order valence-corrected chi connectivity index (χ1v) is 8.30. The van der Waals surface area contributed by atoms with Crippen LogP contribution in [0.15, 0.2) is 60.9 Å². The normalized spacial score (nSPS) is 10.4. The van der Waals surface area contributed by atoms with Gasteiger partial charge in [0.05, 0.1) is 6.54 Å². The van der Waals surface area contributed by atoms with E-state index in [1.54, 1.807) is 6.20 Å². The Balaban J connectivity index is 1.61. The third kappa shape index (κ3) is 4.13. The molecular weight excluding hydrogens is 340 g/mol. The number of benzene rings is 2. The standard InChI is InChI=1S/C18H17ClN4S/c1-13-16(19)4-2-5-17(13)22-18(24)21-15-8-6-14(7-9-15)12-23-11-3-10-20-23/h2-11H,12H2,1H3,(H2,21,22,24). The number of halogens is 1. The van der Waals surface area contributed by atoms with Crippen molar-refractivity contribution < 1.29 is 0 Å². The average Bonchev–Trinajstić information content (AvgIpc) is 3.07. The van der Waals surface area contributed by atoms with E-state index in [2.05, 4.69) is 27.9 Å². The minimum atomic E-state index is 0.528. The van der Waals surface area contributed by atoms with Gasteiger partial charge in [0.1, 0.15) is 0 Å². The lowest BCUT2D eigenvalue weighted by Crippen LogP contribution is -2.19. The molecule has 6 heteroatoms. The highest BCUT2D eigenvalue weighted by molar-refractivity contribution is 7.80. The molecule has 0 aliphatic rings. The van der Waals surface area contributed by atoms with Gasteiger partial charge in [0.15, 0.2) is 5.11 Å². The number of anilines is 2. The van der Waals surface area contributed by atoms with Crippen LogP contribution in [0.4, 0.5) is 11.4 Å². The first-order chi connectivity index (χ1) is 11.6. The zero-order valence-corrected chi connectivity index (χ0v) is 14.7. The summed E-state index contributed by atoms with van der Waals surface area (Å²) in [5.74, 6) is 0. The first-order valence-electron chi connectivity index (χ1n) is 7.51. The summed E-state index contributed by atoms with van der Waals surface area (Å²) in [5.41, 5.74) is 3.97. The lowest BCUT2D eigenvalue weighted by Gasteiger charge is -2.13. The van der Waals surface area contributed by atoms with E-state index >= 15 is 0 Å². The molecule has 4 nitrogen and oxygen atoms in total. The third-order valence-electron chi connectivity index (χ3n) is 3.63. The van der Waals surface area contributed by atoms with Gasteiger partial charge in [-0.2, -0.15) is 5.10 Å². The van der Waals surface area contributed by atoms with Crippen molar-refractivity contribution >= 4 is 40.3 Å². The molecule has 2 N–H and O–H groups in total. The molecule has 0 aliphatic carbocycles. The van der Waals surface area contributed by atoms with E-state index in [-0.39, 0.29) is 0 Å². The van der Waals surface area contributed by atoms with Crippen LogP contribution >= 0.6 is 23.8 Å². The third-order valence-corrected chi connectivity index (χ3v) is 4.25. The molecule has 1 aromatic heterocycles. The molecule has 2 aromatic carbocycles. The first kappa shape index (κ1) is 16.5. The Labute approximate surface area is 151 Å². The fourth-order valence-electron chi connectivity index (χ4n) is 2.30. The van der Waals surface area contributed by atoms with E-state index in [0.717, 1.165) is 23.5 Å². The Kier molecular flexibility index (Phi) is 5.13. The van der Waals surface area contributed by atoms with Crippen molar-refractivity contribution in [2.75, 3.05) is 10.6 Å². The van der Waals surface area contributed by atoms with Gasteiger partial charge in [0.2, 0.25) is 0 Å². The molecule has 0 unspecified atom stereocenters. The molecule has 3 rings (SSSR count). The van der Waals surface area contributed by atoms with Gasteiger partial charge in [-0.25, -0.2) is 0 Å². The Morgan fingerprint density at radius 2 is 1.92 bits per heavy atom. The summed E-state index contributed by atoms with van der Waals surface area (Å²) < 4.78 is 1.89. The lowest BCUT2D eigenvalue weighted by molar-refractivity contribution is 0.687. The molecule has 1 heterocycles. The molecule has 24 heavy (non-hydrogen) atoms. The highest BCUT2D eigenvalue weighted by atomic mass is 35.5. The van der Waals surface area contributed by atoms with Crippen LogP contribution in [-0.4, -0.2) is 14.9 Å². The summed E-state index contributed by atoms with van der Waals surface area (Å²) in [5, 5.41) is 11.8. The molecule has 0 aliphatic heterocycles. The predicted molar refractivity (Wildman–Crippen MR) is 104 cm³/mol. The number of nitrogens with zero attached hydrogens (tertiary/aromatic N) is 2. The summed E-state index contributed by atoms with van der Waals surface area (Å²) >= 11 is 11.5. The summed E-state index contributed by atoms with van der Waals surface area (Å²) in [6.45, 7) is 2.70. The highest BCUT2D eigenvalue weighted by Crippen LogP contribution is 2.23. The monoisotopic (exact) mass is 356 g/mol. The minimum Gasteiger partial charge on any atom is -0.332 e. The van der Waals surface area contributed by atoms with E-state index < -0.39 is 0 Å². The van der Waals surface area contributed by atoms with Gasteiger partial charge in [0.25, 0.3) is 0 Å². The summed E-state index contributed by atoms with van der Waals surface area (Å²) in [7, 11) is 0. The van der Waals surface area contributed by atoms with Crippen molar-refractivity contribution in [3.63, 3.8) is 0 Å². The maximum absolute atomic E-state index is 6.12. The highest BCUT2D eigenvalue weighted by Gasteiger charge is 2.04. The van der Waals surface area contributed by atoms with Crippen molar-refractivity contribution in [3.8, 4) is 0 Å². The zero-order valence-electron chi connectivity index (χ0n) is 13.2. The van der Waals surface area contributed by atoms with Gasteiger partial charge in [-0.1, -0.05) is 29.8 Å². The van der Waals surface area contributed by atoms with Crippen molar-refractivity contribution in [1.82, 2.24) is 9.78 Å². The smallest absolute Gasteiger partial charge is 0.175 e. The number of nitrogens with one attached hydrogen (secondary N) is 2. The van der Waals surface area contributed by atoms with Crippen LogP contribution in [0.3, 0.4) is 0 Å². The molecule has 0 bridgehead atoms. The molecule has 0 saturated heterocycles. The average molecular weight is 357 g/mol. The van der Waals surface area contributed by atoms with E-state index in [4.69, 9.17) is 23.8 Å². The maximum Gasteiger partial charge on any atom is 0.175 e. The number of hydrogen-bond donors (Lipinski definition) is 2. The van der Waals surface area contributed by atoms with Crippen LogP contribution in [0.25, 0.3) is 0 Å². The minimum absolute atomic E-state index is 0.528. The van der Waals surface area contributed by atoms with E-state index in [1.165, 1.54) is 5.56 Å². The van der Waals surface area contributed by atoms with Gasteiger partial charge in [-0.3, -0.25) is 4.68 Å².